The van der Waals surface area contributed by atoms with Crippen molar-refractivity contribution in [3.63, 3.8) is 0 Å². The van der Waals surface area contributed by atoms with E-state index in [0.717, 1.165) is 5.56 Å². The fourth-order valence-corrected chi connectivity index (χ4v) is 3.39. The maximum atomic E-state index is 14.1. The Kier molecular flexibility index (Phi) is 4.46. The van der Waals surface area contributed by atoms with Crippen LogP contribution in [0.4, 0.5) is 9.18 Å². The normalized spacial score (nSPS) is 19.8. The van der Waals surface area contributed by atoms with Gasteiger partial charge in [0.1, 0.15) is 24.1 Å². The van der Waals surface area contributed by atoms with Crippen LogP contribution < -0.4 is 0 Å². The minimum atomic E-state index is -1.13. The number of imidazole rings is 1. The number of aromatic nitrogens is 3. The van der Waals surface area contributed by atoms with Gasteiger partial charge in [-0.15, -0.1) is 0 Å². The van der Waals surface area contributed by atoms with E-state index >= 15 is 0 Å². The number of hydrogen-bond donors (Lipinski definition) is 0. The number of alkyl halides is 1. The quantitative estimate of drug-likeness (QED) is 0.699. The van der Waals surface area contributed by atoms with Crippen LogP contribution >= 0.6 is 11.6 Å². The van der Waals surface area contributed by atoms with Crippen LogP contribution in [0.3, 0.4) is 0 Å². The predicted molar refractivity (Wildman–Crippen MR) is 93.6 cm³/mol. The molecule has 0 radical (unpaired) electrons. The van der Waals surface area contributed by atoms with Crippen molar-refractivity contribution in [1.29, 1.82) is 0 Å². The van der Waals surface area contributed by atoms with Crippen molar-refractivity contribution in [3.05, 3.63) is 65.5 Å². The number of ether oxygens (including phenoxy) is 1. The highest BCUT2D eigenvalue weighted by molar-refractivity contribution is 6.32. The van der Waals surface area contributed by atoms with E-state index in [9.17, 15) is 9.18 Å². The van der Waals surface area contributed by atoms with Gasteiger partial charge >= 0.3 is 6.09 Å². The zero-order chi connectivity index (χ0) is 18.1. The molecule has 1 aliphatic rings. The highest BCUT2D eigenvalue weighted by Gasteiger charge is 2.39. The van der Waals surface area contributed by atoms with E-state index in [4.69, 9.17) is 16.3 Å². The summed E-state index contributed by atoms with van der Waals surface area (Å²) in [6.07, 6.45) is 3.29. The Morgan fingerprint density at radius 1 is 1.31 bits per heavy atom. The van der Waals surface area contributed by atoms with Crippen molar-refractivity contribution >= 4 is 23.2 Å². The first kappa shape index (κ1) is 16.8. The summed E-state index contributed by atoms with van der Waals surface area (Å²) in [6, 6.07) is 8.84. The predicted octanol–water partition coefficient (Wildman–Crippen LogP) is 3.80. The molecule has 1 saturated heterocycles. The van der Waals surface area contributed by atoms with Crippen molar-refractivity contribution in [1.82, 2.24) is 19.3 Å². The summed E-state index contributed by atoms with van der Waals surface area (Å²) in [5, 5.41) is 0.305. The molecule has 26 heavy (non-hydrogen) atoms. The van der Waals surface area contributed by atoms with E-state index in [2.05, 4.69) is 9.97 Å². The van der Waals surface area contributed by atoms with Crippen molar-refractivity contribution in [3.8, 4) is 0 Å². The number of halogens is 2. The second kappa shape index (κ2) is 6.92. The number of benzene rings is 1. The van der Waals surface area contributed by atoms with Crippen LogP contribution in [0.2, 0.25) is 5.15 Å². The number of likely N-dealkylation sites (tertiary alicyclic amines) is 1. The molecule has 1 fully saturated rings. The third-order valence-electron chi connectivity index (χ3n) is 4.43. The molecule has 134 valence electrons. The number of carbonyl (C=O) groups is 1. The van der Waals surface area contributed by atoms with Gasteiger partial charge in [-0.3, -0.25) is 9.30 Å². The molecule has 1 aliphatic heterocycles. The highest BCUT2D eigenvalue weighted by atomic mass is 35.5. The van der Waals surface area contributed by atoms with Crippen molar-refractivity contribution in [2.45, 2.75) is 25.2 Å². The minimum Gasteiger partial charge on any atom is -0.445 e. The molecule has 3 heterocycles. The SMILES string of the molecule is O=C(OCc1ccccc1)N1CC(F)CC1c1ncc2c(Cl)nccn12. The maximum absolute atomic E-state index is 14.1. The lowest BCUT2D eigenvalue weighted by Gasteiger charge is -2.23. The van der Waals surface area contributed by atoms with Crippen LogP contribution in [0.15, 0.2) is 48.9 Å². The van der Waals surface area contributed by atoms with Crippen LogP contribution in [0.25, 0.3) is 5.52 Å². The summed E-state index contributed by atoms with van der Waals surface area (Å²) in [6.45, 7) is 0.115. The Balaban J connectivity index is 1.56. The molecule has 4 rings (SSSR count). The lowest BCUT2D eigenvalue weighted by molar-refractivity contribution is 0.0893. The smallest absolute Gasteiger partial charge is 0.410 e. The van der Waals surface area contributed by atoms with Gasteiger partial charge in [0.2, 0.25) is 0 Å². The summed E-state index contributed by atoms with van der Waals surface area (Å²) >= 11 is 6.07. The van der Waals surface area contributed by atoms with Gasteiger partial charge in [-0.1, -0.05) is 41.9 Å². The Labute approximate surface area is 154 Å². The number of carbonyl (C=O) groups excluding carboxylic acids is 1. The van der Waals surface area contributed by atoms with Crippen LogP contribution in [-0.2, 0) is 11.3 Å². The first-order valence-electron chi connectivity index (χ1n) is 8.22. The van der Waals surface area contributed by atoms with Gasteiger partial charge in [-0.05, 0) is 5.56 Å². The third kappa shape index (κ3) is 3.10. The monoisotopic (exact) mass is 374 g/mol. The fraction of sp³-hybridized carbons (Fsp3) is 0.278. The molecule has 0 N–H and O–H groups in total. The van der Waals surface area contributed by atoms with Crippen molar-refractivity contribution in [2.75, 3.05) is 6.54 Å². The fourth-order valence-electron chi connectivity index (χ4n) is 3.20. The maximum Gasteiger partial charge on any atom is 0.410 e. The lowest BCUT2D eigenvalue weighted by Crippen LogP contribution is -2.32. The first-order valence-corrected chi connectivity index (χ1v) is 8.60. The molecular weight excluding hydrogens is 359 g/mol. The van der Waals surface area contributed by atoms with Gasteiger partial charge in [-0.2, -0.15) is 0 Å². The Hall–Kier alpha value is -2.67. The number of rotatable bonds is 3. The largest absolute Gasteiger partial charge is 0.445 e. The van der Waals surface area contributed by atoms with Crippen LogP contribution in [-0.4, -0.2) is 38.1 Å². The molecule has 0 saturated carbocycles. The molecule has 2 aromatic heterocycles. The zero-order valence-corrected chi connectivity index (χ0v) is 14.5. The van der Waals surface area contributed by atoms with Crippen LogP contribution in [0.1, 0.15) is 23.9 Å². The van der Waals surface area contributed by atoms with Crippen LogP contribution in [0.5, 0.6) is 0 Å². The summed E-state index contributed by atoms with van der Waals surface area (Å²) < 4.78 is 21.2. The molecule has 0 bridgehead atoms. The van der Waals surface area contributed by atoms with E-state index in [0.29, 0.717) is 16.5 Å². The highest BCUT2D eigenvalue weighted by Crippen LogP contribution is 2.34. The van der Waals surface area contributed by atoms with Gasteiger partial charge in [0, 0.05) is 18.8 Å². The molecule has 6 nitrogen and oxygen atoms in total. The second-order valence-electron chi connectivity index (χ2n) is 6.13. The molecule has 3 aromatic rings. The van der Waals surface area contributed by atoms with Gasteiger partial charge in [0.15, 0.2) is 5.15 Å². The molecule has 2 atom stereocenters. The summed E-state index contributed by atoms with van der Waals surface area (Å²) in [5.74, 6) is 0.543. The number of hydrogen-bond acceptors (Lipinski definition) is 4. The Morgan fingerprint density at radius 2 is 2.12 bits per heavy atom. The second-order valence-corrected chi connectivity index (χ2v) is 6.49. The van der Waals surface area contributed by atoms with Crippen LogP contribution in [0, 0.1) is 0 Å². The summed E-state index contributed by atoms with van der Waals surface area (Å²) in [5.41, 5.74) is 1.49. The van der Waals surface area contributed by atoms with E-state index in [1.165, 1.54) is 4.90 Å². The van der Waals surface area contributed by atoms with Crippen molar-refractivity contribution in [2.24, 2.45) is 0 Å². The van der Waals surface area contributed by atoms with E-state index in [1.807, 2.05) is 30.3 Å². The standard InChI is InChI=1S/C18H16ClFN4O2/c19-16-15-9-22-17(23(15)7-6-21-16)14-8-13(20)10-24(14)18(25)26-11-12-4-2-1-3-5-12/h1-7,9,13-14H,8,10-11H2. The van der Waals surface area contributed by atoms with Gasteiger partial charge in [-0.25, -0.2) is 19.2 Å². The molecular formula is C18H16ClFN4O2. The molecule has 1 amide bonds. The Bertz CT molecular complexity index is 933. The minimum absolute atomic E-state index is 0.0218. The topological polar surface area (TPSA) is 59.7 Å². The third-order valence-corrected chi connectivity index (χ3v) is 4.72. The van der Waals surface area contributed by atoms with E-state index in [1.54, 1.807) is 23.0 Å². The van der Waals surface area contributed by atoms with Gasteiger partial charge in [0.25, 0.3) is 0 Å². The number of fused-ring (bicyclic) bond motifs is 1. The Morgan fingerprint density at radius 3 is 2.92 bits per heavy atom. The molecule has 2 unspecified atom stereocenters. The average Bonchev–Trinajstić information content (AvgIpc) is 3.25. The van der Waals surface area contributed by atoms with E-state index in [-0.39, 0.29) is 19.6 Å². The summed E-state index contributed by atoms with van der Waals surface area (Å²) in [7, 11) is 0. The van der Waals surface area contributed by atoms with Gasteiger partial charge in [0.05, 0.1) is 18.8 Å². The molecule has 0 aliphatic carbocycles. The molecule has 8 heteroatoms. The zero-order valence-electron chi connectivity index (χ0n) is 13.8. The first-order chi connectivity index (χ1) is 12.6. The number of nitrogens with zero attached hydrogens (tertiary/aromatic N) is 4. The number of amides is 1. The molecule has 0 spiro atoms. The average molecular weight is 375 g/mol. The van der Waals surface area contributed by atoms with Gasteiger partial charge < -0.3 is 4.74 Å². The summed E-state index contributed by atoms with van der Waals surface area (Å²) in [4.78, 5) is 22.3. The van der Waals surface area contributed by atoms with E-state index < -0.39 is 18.3 Å². The molecule has 1 aromatic carbocycles. The lowest BCUT2D eigenvalue weighted by atomic mass is 10.2. The van der Waals surface area contributed by atoms with Crippen molar-refractivity contribution < 1.29 is 13.9 Å².